The van der Waals surface area contributed by atoms with Gasteiger partial charge in [-0.05, 0) is 68.5 Å². The zero-order chi connectivity index (χ0) is 18.1. The van der Waals surface area contributed by atoms with Crippen LogP contribution in [0.15, 0.2) is 18.2 Å². The number of amides is 2. The van der Waals surface area contributed by atoms with Gasteiger partial charge in [-0.15, -0.1) is 0 Å². The van der Waals surface area contributed by atoms with Gasteiger partial charge in [-0.2, -0.15) is 0 Å². The molecule has 26 heavy (non-hydrogen) atoms. The second kappa shape index (κ2) is 7.20. The van der Waals surface area contributed by atoms with Crippen molar-refractivity contribution in [2.24, 2.45) is 5.92 Å². The summed E-state index contributed by atoms with van der Waals surface area (Å²) in [7, 11) is 3.94. The van der Waals surface area contributed by atoms with Gasteiger partial charge in [-0.1, -0.05) is 18.9 Å². The molecule has 0 unspecified atom stereocenters. The van der Waals surface area contributed by atoms with Crippen LogP contribution in [0.5, 0.6) is 0 Å². The third-order valence-corrected chi connectivity index (χ3v) is 6.96. The normalized spacial score (nSPS) is 30.2. The van der Waals surface area contributed by atoms with E-state index < -0.39 is 0 Å². The van der Waals surface area contributed by atoms with Gasteiger partial charge in [0.15, 0.2) is 0 Å². The van der Waals surface area contributed by atoms with Gasteiger partial charge in [0.1, 0.15) is 0 Å². The van der Waals surface area contributed by atoms with Gasteiger partial charge in [0.2, 0.25) is 0 Å². The highest BCUT2D eigenvalue weighted by Gasteiger charge is 2.52. The molecule has 1 aromatic carbocycles. The lowest BCUT2D eigenvalue weighted by molar-refractivity contribution is 0.00290. The first-order valence-corrected chi connectivity index (χ1v) is 10.0. The van der Waals surface area contributed by atoms with Crippen LogP contribution in [0.3, 0.4) is 0 Å². The first kappa shape index (κ1) is 17.8. The summed E-state index contributed by atoms with van der Waals surface area (Å²) in [5, 5.41) is 5.84. The van der Waals surface area contributed by atoms with Crippen molar-refractivity contribution in [1.82, 2.24) is 10.2 Å². The van der Waals surface area contributed by atoms with E-state index >= 15 is 0 Å². The molecular weight excluding hydrogens is 326 g/mol. The first-order chi connectivity index (χ1) is 12.6. The van der Waals surface area contributed by atoms with Gasteiger partial charge in [0.25, 0.3) is 0 Å². The van der Waals surface area contributed by atoms with Crippen LogP contribution in [0.1, 0.15) is 43.2 Å². The Labute approximate surface area is 156 Å². The molecule has 2 bridgehead atoms. The number of hydrogen-bond donors (Lipinski definition) is 2. The summed E-state index contributed by atoms with van der Waals surface area (Å²) in [5.74, 6) is 0.772. The fourth-order valence-corrected chi connectivity index (χ4v) is 5.72. The lowest BCUT2D eigenvalue weighted by atomic mass is 9.52. The Morgan fingerprint density at radius 3 is 3.08 bits per heavy atom. The molecule has 3 aliphatic rings. The van der Waals surface area contributed by atoms with Crippen molar-refractivity contribution >= 4 is 11.7 Å². The summed E-state index contributed by atoms with van der Waals surface area (Å²) >= 11 is 0. The number of likely N-dealkylation sites (tertiary alicyclic amines) is 1. The smallest absolute Gasteiger partial charge is 0.319 e. The number of fused-ring (bicyclic) bond motifs is 1. The van der Waals surface area contributed by atoms with Crippen molar-refractivity contribution in [3.8, 4) is 0 Å². The maximum Gasteiger partial charge on any atom is 0.319 e. The number of ether oxygens (including phenoxy) is 1. The minimum atomic E-state index is -0.156. The Hall–Kier alpha value is -1.59. The molecule has 5 nitrogen and oxygen atoms in total. The van der Waals surface area contributed by atoms with Crippen molar-refractivity contribution in [1.29, 1.82) is 0 Å². The average molecular weight is 357 g/mol. The third-order valence-electron chi connectivity index (χ3n) is 6.96. The number of nitrogens with zero attached hydrogens (tertiary/aromatic N) is 1. The fraction of sp³-hybridized carbons (Fsp3) is 0.667. The number of nitrogens with one attached hydrogen (secondary N) is 2. The molecule has 4 rings (SSSR count). The van der Waals surface area contributed by atoms with Gasteiger partial charge in [-0.25, -0.2) is 4.79 Å². The van der Waals surface area contributed by atoms with Gasteiger partial charge < -0.3 is 20.3 Å². The Morgan fingerprint density at radius 2 is 2.23 bits per heavy atom. The number of carbonyl (C=O) groups excluding carboxylic acids is 1. The third kappa shape index (κ3) is 3.01. The lowest BCUT2D eigenvalue weighted by Gasteiger charge is -2.58. The molecule has 1 heterocycles. The van der Waals surface area contributed by atoms with Crippen molar-refractivity contribution < 1.29 is 9.53 Å². The van der Waals surface area contributed by atoms with Crippen molar-refractivity contribution in [2.45, 2.75) is 50.0 Å². The summed E-state index contributed by atoms with van der Waals surface area (Å²) in [6.07, 6.45) is 7.76. The van der Waals surface area contributed by atoms with E-state index in [1.54, 1.807) is 7.11 Å². The van der Waals surface area contributed by atoms with E-state index in [2.05, 4.69) is 40.8 Å². The molecule has 1 aliphatic heterocycles. The second-order valence-corrected chi connectivity index (χ2v) is 8.26. The minimum absolute atomic E-state index is 0.156. The Balaban J connectivity index is 1.60. The molecule has 0 radical (unpaired) electrons. The van der Waals surface area contributed by atoms with E-state index in [4.69, 9.17) is 4.74 Å². The number of likely N-dealkylation sites (N-methyl/N-ethyl adjacent to an activating group) is 1. The zero-order valence-corrected chi connectivity index (χ0v) is 16.0. The summed E-state index contributed by atoms with van der Waals surface area (Å²) in [5.41, 5.74) is 4.24. The highest BCUT2D eigenvalue weighted by molar-refractivity contribution is 5.89. The molecule has 2 aliphatic carbocycles. The van der Waals surface area contributed by atoms with Crippen LogP contribution in [0.2, 0.25) is 0 Å². The largest absolute Gasteiger partial charge is 0.383 e. The molecule has 0 spiro atoms. The molecule has 3 atom stereocenters. The topological polar surface area (TPSA) is 53.6 Å². The quantitative estimate of drug-likeness (QED) is 0.814. The molecule has 2 N–H and O–H groups in total. The first-order valence-electron chi connectivity index (χ1n) is 10.0. The predicted molar refractivity (Wildman–Crippen MR) is 104 cm³/mol. The van der Waals surface area contributed by atoms with Crippen LogP contribution in [0.25, 0.3) is 0 Å². The van der Waals surface area contributed by atoms with E-state index in [0.717, 1.165) is 18.0 Å². The number of carbonyl (C=O) groups is 1. The van der Waals surface area contributed by atoms with Crippen LogP contribution in [0, 0.1) is 5.92 Å². The molecule has 0 aromatic heterocycles. The molecule has 1 saturated heterocycles. The Bertz CT molecular complexity index is 677. The van der Waals surface area contributed by atoms with E-state index in [1.807, 2.05) is 0 Å². The number of piperidine rings is 1. The zero-order valence-electron chi connectivity index (χ0n) is 16.0. The van der Waals surface area contributed by atoms with Crippen molar-refractivity contribution in [3.63, 3.8) is 0 Å². The average Bonchev–Trinajstić information content (AvgIpc) is 2.65. The van der Waals surface area contributed by atoms with E-state index in [9.17, 15) is 4.79 Å². The number of benzene rings is 1. The number of hydrogen-bond acceptors (Lipinski definition) is 3. The Kier molecular flexibility index (Phi) is 4.93. The molecule has 5 heteroatoms. The number of urea groups is 1. The van der Waals surface area contributed by atoms with E-state index in [-0.39, 0.29) is 6.03 Å². The standard InChI is InChI=1S/C21H31N3O2/c1-24-11-9-21-8-4-3-5-17(21)19(24)13-15-6-7-16(14-18(15)21)23-20(25)22-10-12-26-2/h6-7,14,17,19H,3-5,8-13H2,1-2H3,(H2,22,23,25)/t17-,19+,21+/m0/s1. The van der Waals surface area contributed by atoms with Crippen LogP contribution in [0.4, 0.5) is 10.5 Å². The number of rotatable bonds is 4. The molecule has 1 saturated carbocycles. The highest BCUT2D eigenvalue weighted by Crippen LogP contribution is 2.55. The predicted octanol–water partition coefficient (Wildman–Crippen LogP) is 3.14. The second-order valence-electron chi connectivity index (χ2n) is 8.26. The monoisotopic (exact) mass is 357 g/mol. The van der Waals surface area contributed by atoms with Crippen LogP contribution < -0.4 is 10.6 Å². The summed E-state index contributed by atoms with van der Waals surface area (Å²) in [4.78, 5) is 14.7. The molecule has 1 aromatic rings. The number of methoxy groups -OCH3 is 1. The number of anilines is 1. The lowest BCUT2D eigenvalue weighted by Crippen LogP contribution is -2.59. The highest BCUT2D eigenvalue weighted by atomic mass is 16.5. The fourth-order valence-electron chi connectivity index (χ4n) is 5.72. The van der Waals surface area contributed by atoms with Crippen molar-refractivity contribution in [3.05, 3.63) is 29.3 Å². The SMILES string of the molecule is COCCNC(=O)Nc1ccc2c(c1)[C@@]13CCCC[C@H]1[C@@H](C2)N(C)CC3. The van der Waals surface area contributed by atoms with Crippen LogP contribution in [-0.2, 0) is 16.6 Å². The van der Waals surface area contributed by atoms with Crippen LogP contribution >= 0.6 is 0 Å². The van der Waals surface area contributed by atoms with Gasteiger partial charge in [-0.3, -0.25) is 0 Å². The summed E-state index contributed by atoms with van der Waals surface area (Å²) in [6, 6.07) is 7.11. The molecule has 142 valence electrons. The van der Waals surface area contributed by atoms with Crippen LogP contribution in [-0.4, -0.2) is 50.8 Å². The summed E-state index contributed by atoms with van der Waals surface area (Å²) in [6.45, 7) is 2.24. The maximum atomic E-state index is 12.1. The summed E-state index contributed by atoms with van der Waals surface area (Å²) < 4.78 is 4.98. The van der Waals surface area contributed by atoms with Gasteiger partial charge in [0, 0.05) is 30.8 Å². The van der Waals surface area contributed by atoms with Gasteiger partial charge in [0.05, 0.1) is 6.61 Å². The van der Waals surface area contributed by atoms with Gasteiger partial charge >= 0.3 is 6.03 Å². The Morgan fingerprint density at radius 1 is 1.35 bits per heavy atom. The molecular formula is C21H31N3O2. The maximum absolute atomic E-state index is 12.1. The minimum Gasteiger partial charge on any atom is -0.383 e. The molecule has 2 amide bonds. The van der Waals surface area contributed by atoms with E-state index in [1.165, 1.54) is 49.8 Å². The van der Waals surface area contributed by atoms with Crippen molar-refractivity contribution in [2.75, 3.05) is 39.2 Å². The molecule has 2 fully saturated rings. The van der Waals surface area contributed by atoms with E-state index in [0.29, 0.717) is 24.6 Å².